The van der Waals surface area contributed by atoms with E-state index in [1.165, 1.54) is 12.1 Å². The molecule has 0 N–H and O–H groups in total. The molecule has 0 unspecified atom stereocenters. The van der Waals surface area contributed by atoms with Crippen LogP contribution in [-0.2, 0) is 17.8 Å². The Morgan fingerprint density at radius 3 is 2.82 bits per heavy atom. The molecular formula is C21H25FN4O2. The lowest BCUT2D eigenvalue weighted by Crippen LogP contribution is -2.39. The van der Waals surface area contributed by atoms with Crippen LogP contribution in [0.15, 0.2) is 30.5 Å². The third kappa shape index (κ3) is 4.14. The zero-order valence-corrected chi connectivity index (χ0v) is 16.1. The fourth-order valence-electron chi connectivity index (χ4n) is 3.80. The number of ether oxygens (including phenoxy) is 1. The van der Waals surface area contributed by atoms with Crippen LogP contribution in [0.3, 0.4) is 0 Å². The van der Waals surface area contributed by atoms with Crippen molar-refractivity contribution in [3.05, 3.63) is 53.4 Å². The second-order valence-corrected chi connectivity index (χ2v) is 7.56. The van der Waals surface area contributed by atoms with E-state index in [4.69, 9.17) is 9.72 Å². The summed E-state index contributed by atoms with van der Waals surface area (Å²) in [7, 11) is 2.14. The van der Waals surface area contributed by atoms with Crippen molar-refractivity contribution in [1.82, 2.24) is 19.8 Å². The van der Waals surface area contributed by atoms with Crippen LogP contribution in [0.25, 0.3) is 0 Å². The van der Waals surface area contributed by atoms with Crippen LogP contribution in [-0.4, -0.2) is 59.0 Å². The van der Waals surface area contributed by atoms with E-state index in [-0.39, 0.29) is 18.3 Å². The van der Waals surface area contributed by atoms with E-state index in [2.05, 4.69) is 16.9 Å². The first-order valence-electron chi connectivity index (χ1n) is 9.78. The van der Waals surface area contributed by atoms with Gasteiger partial charge in [0.15, 0.2) is 18.2 Å². The molecule has 7 heteroatoms. The zero-order valence-electron chi connectivity index (χ0n) is 16.1. The van der Waals surface area contributed by atoms with Gasteiger partial charge < -0.3 is 14.5 Å². The number of rotatable bonds is 4. The van der Waals surface area contributed by atoms with Crippen LogP contribution in [0.1, 0.15) is 35.8 Å². The van der Waals surface area contributed by atoms with Crippen LogP contribution in [0.5, 0.6) is 5.75 Å². The molecule has 1 aromatic heterocycles. The molecule has 1 fully saturated rings. The van der Waals surface area contributed by atoms with Gasteiger partial charge in [0.25, 0.3) is 5.91 Å². The number of amides is 1. The summed E-state index contributed by atoms with van der Waals surface area (Å²) in [5.41, 5.74) is 2.03. The molecule has 2 aliphatic rings. The Morgan fingerprint density at radius 2 is 2.04 bits per heavy atom. The molecule has 0 spiro atoms. The van der Waals surface area contributed by atoms with Gasteiger partial charge in [-0.2, -0.15) is 0 Å². The van der Waals surface area contributed by atoms with Crippen LogP contribution in [0, 0.1) is 5.82 Å². The van der Waals surface area contributed by atoms with Gasteiger partial charge in [0.1, 0.15) is 5.82 Å². The maximum atomic E-state index is 13.6. The smallest absolute Gasteiger partial charge is 0.260 e. The summed E-state index contributed by atoms with van der Waals surface area (Å²) >= 11 is 0. The Labute approximate surface area is 164 Å². The molecule has 1 amide bonds. The van der Waals surface area contributed by atoms with Crippen LogP contribution < -0.4 is 4.74 Å². The molecule has 28 heavy (non-hydrogen) atoms. The van der Waals surface area contributed by atoms with Crippen molar-refractivity contribution >= 4 is 5.91 Å². The van der Waals surface area contributed by atoms with E-state index >= 15 is 0 Å². The molecule has 1 aromatic carbocycles. The summed E-state index contributed by atoms with van der Waals surface area (Å²) < 4.78 is 19.0. The van der Waals surface area contributed by atoms with Gasteiger partial charge in [0, 0.05) is 37.2 Å². The minimum Gasteiger partial charge on any atom is -0.481 e. The number of hydrogen-bond donors (Lipinski definition) is 0. The number of fused-ring (bicyclic) bond motifs is 1. The Kier molecular flexibility index (Phi) is 5.52. The van der Waals surface area contributed by atoms with Crippen molar-refractivity contribution in [3.8, 4) is 5.75 Å². The van der Waals surface area contributed by atoms with Crippen molar-refractivity contribution in [3.63, 3.8) is 0 Å². The summed E-state index contributed by atoms with van der Waals surface area (Å²) in [6.45, 7) is 3.05. The van der Waals surface area contributed by atoms with Gasteiger partial charge in [-0.1, -0.05) is 12.1 Å². The molecule has 1 saturated heterocycles. The van der Waals surface area contributed by atoms with E-state index < -0.39 is 5.82 Å². The molecular weight excluding hydrogens is 359 g/mol. The van der Waals surface area contributed by atoms with Gasteiger partial charge in [0.2, 0.25) is 0 Å². The second-order valence-electron chi connectivity index (χ2n) is 7.56. The predicted molar refractivity (Wildman–Crippen MR) is 103 cm³/mol. The van der Waals surface area contributed by atoms with Crippen LogP contribution in [0.4, 0.5) is 4.39 Å². The first-order chi connectivity index (χ1) is 13.6. The van der Waals surface area contributed by atoms with Gasteiger partial charge in [-0.15, -0.1) is 0 Å². The Morgan fingerprint density at radius 1 is 1.25 bits per heavy atom. The van der Waals surface area contributed by atoms with Crippen molar-refractivity contribution in [2.45, 2.75) is 31.7 Å². The molecule has 6 nitrogen and oxygen atoms in total. The highest BCUT2D eigenvalue weighted by Gasteiger charge is 2.25. The van der Waals surface area contributed by atoms with Crippen LogP contribution in [0.2, 0.25) is 0 Å². The van der Waals surface area contributed by atoms with Crippen molar-refractivity contribution in [2.24, 2.45) is 0 Å². The Hall–Kier alpha value is -2.54. The quantitative estimate of drug-likeness (QED) is 0.810. The molecule has 0 bridgehead atoms. The number of para-hydroxylation sites is 1. The second kappa shape index (κ2) is 8.22. The average molecular weight is 384 g/mol. The Balaban J connectivity index is 1.36. The monoisotopic (exact) mass is 384 g/mol. The first kappa shape index (κ1) is 18.8. The molecule has 0 radical (unpaired) electrons. The number of aromatic nitrogens is 2. The van der Waals surface area contributed by atoms with Gasteiger partial charge in [-0.3, -0.25) is 4.79 Å². The zero-order chi connectivity index (χ0) is 19.5. The van der Waals surface area contributed by atoms with E-state index in [1.807, 2.05) is 6.20 Å². The standard InChI is InChI=1S/C21H25FN4O2/c1-25-9-6-15(7-10-25)21-23-12-16-13-26(11-8-18(16)24-21)20(27)14-28-19-5-3-2-4-17(19)22/h2-5,12,15H,6-11,13-14H2,1H3. The summed E-state index contributed by atoms with van der Waals surface area (Å²) in [4.78, 5) is 25.9. The highest BCUT2D eigenvalue weighted by Crippen LogP contribution is 2.26. The molecule has 0 saturated carbocycles. The highest BCUT2D eigenvalue weighted by molar-refractivity contribution is 5.78. The summed E-state index contributed by atoms with van der Waals surface area (Å²) in [6, 6.07) is 6.10. The number of carbonyl (C=O) groups excluding carboxylic acids is 1. The fourth-order valence-corrected chi connectivity index (χ4v) is 3.80. The van der Waals surface area contributed by atoms with E-state index in [1.54, 1.807) is 17.0 Å². The number of nitrogens with zero attached hydrogens (tertiary/aromatic N) is 4. The number of benzene rings is 1. The summed E-state index contributed by atoms with van der Waals surface area (Å²) in [5, 5.41) is 0. The summed E-state index contributed by atoms with van der Waals surface area (Å²) in [5.74, 6) is 0.839. The number of halogens is 1. The van der Waals surface area contributed by atoms with Crippen LogP contribution >= 0.6 is 0 Å². The largest absolute Gasteiger partial charge is 0.481 e. The number of likely N-dealkylation sites (tertiary alicyclic amines) is 1. The van der Waals surface area contributed by atoms with Crippen molar-refractivity contribution in [2.75, 3.05) is 33.3 Å². The lowest BCUT2D eigenvalue weighted by molar-refractivity contribution is -0.134. The van der Waals surface area contributed by atoms with Gasteiger partial charge in [-0.05, 0) is 45.1 Å². The third-order valence-corrected chi connectivity index (χ3v) is 5.58. The van der Waals surface area contributed by atoms with Gasteiger partial charge in [-0.25, -0.2) is 14.4 Å². The molecule has 0 aliphatic carbocycles. The molecule has 4 rings (SSSR count). The van der Waals surface area contributed by atoms with E-state index in [9.17, 15) is 9.18 Å². The highest BCUT2D eigenvalue weighted by atomic mass is 19.1. The molecule has 2 aliphatic heterocycles. The van der Waals surface area contributed by atoms with Gasteiger partial charge >= 0.3 is 0 Å². The number of piperidine rings is 1. The lowest BCUT2D eigenvalue weighted by atomic mass is 9.95. The molecule has 3 heterocycles. The maximum Gasteiger partial charge on any atom is 0.260 e. The predicted octanol–water partition coefficient (Wildman–Crippen LogP) is 2.39. The minimum absolute atomic E-state index is 0.0966. The lowest BCUT2D eigenvalue weighted by Gasteiger charge is -2.30. The molecule has 2 aromatic rings. The first-order valence-corrected chi connectivity index (χ1v) is 9.78. The van der Waals surface area contributed by atoms with Crippen molar-refractivity contribution < 1.29 is 13.9 Å². The third-order valence-electron chi connectivity index (χ3n) is 5.58. The fraction of sp³-hybridized carbons (Fsp3) is 0.476. The minimum atomic E-state index is -0.464. The maximum absolute atomic E-state index is 13.6. The molecule has 148 valence electrons. The number of hydrogen-bond acceptors (Lipinski definition) is 5. The Bertz CT molecular complexity index is 852. The molecule has 0 atom stereocenters. The number of carbonyl (C=O) groups is 1. The average Bonchev–Trinajstić information content (AvgIpc) is 2.73. The normalized spacial score (nSPS) is 18.0. The topological polar surface area (TPSA) is 58.6 Å². The summed E-state index contributed by atoms with van der Waals surface area (Å²) in [6.07, 6.45) is 4.76. The van der Waals surface area contributed by atoms with Crippen molar-refractivity contribution in [1.29, 1.82) is 0 Å². The SMILES string of the molecule is CN1CCC(c2ncc3c(n2)CCN(C(=O)COc2ccccc2F)C3)CC1. The van der Waals surface area contributed by atoms with Gasteiger partial charge in [0.05, 0.1) is 5.69 Å². The van der Waals surface area contributed by atoms with E-state index in [0.717, 1.165) is 43.0 Å². The van der Waals surface area contributed by atoms with E-state index in [0.29, 0.717) is 25.4 Å².